The van der Waals surface area contributed by atoms with E-state index in [0.29, 0.717) is 12.2 Å². The number of hydrogen-bond acceptors (Lipinski definition) is 5. The van der Waals surface area contributed by atoms with E-state index in [-0.39, 0.29) is 12.1 Å². The highest BCUT2D eigenvalue weighted by molar-refractivity contribution is 5.70. The molecule has 1 aromatic rings. The summed E-state index contributed by atoms with van der Waals surface area (Å²) < 4.78 is 5.51. The molecule has 1 amide bonds. The van der Waals surface area contributed by atoms with Crippen molar-refractivity contribution in [2.45, 2.75) is 45.8 Å². The fourth-order valence-electron chi connectivity index (χ4n) is 2.67. The van der Waals surface area contributed by atoms with E-state index in [1.165, 1.54) is 0 Å². The van der Waals surface area contributed by atoms with Crippen molar-refractivity contribution >= 4 is 17.5 Å². The van der Waals surface area contributed by atoms with Crippen LogP contribution in [0.5, 0.6) is 0 Å². The third-order valence-electron chi connectivity index (χ3n) is 3.75. The minimum absolute atomic E-state index is 0.121. The molecule has 1 aromatic heterocycles. The van der Waals surface area contributed by atoms with E-state index in [4.69, 9.17) is 10.5 Å². The van der Waals surface area contributed by atoms with Gasteiger partial charge in [0, 0.05) is 25.8 Å². The van der Waals surface area contributed by atoms with Crippen LogP contribution in [0.4, 0.5) is 16.2 Å². The van der Waals surface area contributed by atoms with Crippen LogP contribution in [0.2, 0.25) is 0 Å². The average molecular weight is 306 g/mol. The van der Waals surface area contributed by atoms with Gasteiger partial charge in [0.1, 0.15) is 5.60 Å². The van der Waals surface area contributed by atoms with Gasteiger partial charge in [-0.1, -0.05) is 6.92 Å². The lowest BCUT2D eigenvalue weighted by Crippen LogP contribution is -2.56. The first-order chi connectivity index (χ1) is 10.3. The van der Waals surface area contributed by atoms with E-state index in [1.807, 2.05) is 31.7 Å². The Bertz CT molecular complexity index is 527. The Morgan fingerprint density at radius 3 is 2.77 bits per heavy atom. The first kappa shape index (κ1) is 16.4. The molecule has 6 nitrogen and oxygen atoms in total. The molecule has 1 atom stereocenters. The van der Waals surface area contributed by atoms with Crippen molar-refractivity contribution in [1.29, 1.82) is 0 Å². The van der Waals surface area contributed by atoms with Crippen LogP contribution in [0, 0.1) is 0 Å². The van der Waals surface area contributed by atoms with Gasteiger partial charge in [-0.15, -0.1) is 0 Å². The summed E-state index contributed by atoms with van der Waals surface area (Å²) in [6.45, 7) is 9.88. The largest absolute Gasteiger partial charge is 0.444 e. The number of rotatable bonds is 2. The van der Waals surface area contributed by atoms with Crippen molar-refractivity contribution in [3.63, 3.8) is 0 Å². The Hall–Kier alpha value is -1.98. The van der Waals surface area contributed by atoms with E-state index < -0.39 is 5.60 Å². The molecule has 0 bridgehead atoms. The van der Waals surface area contributed by atoms with Crippen LogP contribution in [0.1, 0.15) is 34.1 Å². The number of pyridine rings is 1. The molecule has 0 saturated carbocycles. The highest BCUT2D eigenvalue weighted by Crippen LogP contribution is 2.26. The van der Waals surface area contributed by atoms with E-state index >= 15 is 0 Å². The number of piperazine rings is 1. The van der Waals surface area contributed by atoms with Crippen molar-refractivity contribution in [2.75, 3.05) is 30.3 Å². The number of nitrogen functional groups attached to an aromatic ring is 1. The minimum atomic E-state index is -0.470. The highest BCUT2D eigenvalue weighted by atomic mass is 16.6. The second kappa shape index (κ2) is 6.42. The Balaban J connectivity index is 2.09. The maximum absolute atomic E-state index is 12.3. The molecular weight excluding hydrogens is 280 g/mol. The number of amides is 1. The molecule has 1 aliphatic heterocycles. The smallest absolute Gasteiger partial charge is 0.410 e. The highest BCUT2D eigenvalue weighted by Gasteiger charge is 2.32. The quantitative estimate of drug-likeness (QED) is 0.909. The van der Waals surface area contributed by atoms with Gasteiger partial charge in [-0.25, -0.2) is 4.79 Å². The zero-order valence-electron chi connectivity index (χ0n) is 13.9. The number of nitrogens with zero attached hydrogens (tertiary/aromatic N) is 3. The second-order valence-corrected chi connectivity index (χ2v) is 6.62. The first-order valence-electron chi connectivity index (χ1n) is 7.76. The van der Waals surface area contributed by atoms with Crippen molar-refractivity contribution in [2.24, 2.45) is 0 Å². The fourth-order valence-corrected chi connectivity index (χ4v) is 2.67. The molecule has 0 aliphatic carbocycles. The summed E-state index contributed by atoms with van der Waals surface area (Å²) in [5, 5.41) is 0. The summed E-state index contributed by atoms with van der Waals surface area (Å²) in [4.78, 5) is 20.4. The van der Waals surface area contributed by atoms with Crippen LogP contribution in [-0.4, -0.2) is 47.3 Å². The number of aromatic nitrogens is 1. The van der Waals surface area contributed by atoms with E-state index in [0.717, 1.165) is 25.2 Å². The first-order valence-corrected chi connectivity index (χ1v) is 7.76. The molecule has 0 unspecified atom stereocenters. The normalized spacial score (nSPS) is 19.2. The topological polar surface area (TPSA) is 71.7 Å². The van der Waals surface area contributed by atoms with E-state index in [9.17, 15) is 4.79 Å². The number of nitrogens with two attached hydrogens (primary N) is 1. The van der Waals surface area contributed by atoms with Gasteiger partial charge in [0.2, 0.25) is 0 Å². The molecule has 22 heavy (non-hydrogen) atoms. The summed E-state index contributed by atoms with van der Waals surface area (Å²) in [5.74, 6) is 0. The Kier molecular flexibility index (Phi) is 4.78. The van der Waals surface area contributed by atoms with Crippen LogP contribution in [0.15, 0.2) is 18.5 Å². The number of anilines is 2. The molecule has 0 aromatic carbocycles. The predicted octanol–water partition coefficient (Wildman–Crippen LogP) is 2.50. The van der Waals surface area contributed by atoms with Crippen molar-refractivity contribution in [1.82, 2.24) is 9.88 Å². The lowest BCUT2D eigenvalue weighted by atomic mass is 10.1. The van der Waals surface area contributed by atoms with Crippen molar-refractivity contribution in [3.05, 3.63) is 18.5 Å². The maximum Gasteiger partial charge on any atom is 0.410 e. The minimum Gasteiger partial charge on any atom is -0.444 e. The van der Waals surface area contributed by atoms with Crippen molar-refractivity contribution in [3.8, 4) is 0 Å². The van der Waals surface area contributed by atoms with Gasteiger partial charge in [0.05, 0.1) is 23.6 Å². The summed E-state index contributed by atoms with van der Waals surface area (Å²) in [5.41, 5.74) is 7.19. The number of carbonyl (C=O) groups is 1. The van der Waals surface area contributed by atoms with E-state index in [1.54, 1.807) is 12.4 Å². The molecule has 2 heterocycles. The van der Waals surface area contributed by atoms with Gasteiger partial charge in [-0.05, 0) is 33.3 Å². The third-order valence-corrected chi connectivity index (χ3v) is 3.75. The zero-order valence-corrected chi connectivity index (χ0v) is 13.9. The van der Waals surface area contributed by atoms with Crippen LogP contribution >= 0.6 is 0 Å². The molecule has 6 heteroatoms. The van der Waals surface area contributed by atoms with Crippen LogP contribution < -0.4 is 10.6 Å². The Labute approximate surface area is 132 Å². The fraction of sp³-hybridized carbons (Fsp3) is 0.625. The SMILES string of the molecule is CC[C@@H]1CN(c2ccncc2N)CCN1C(=O)OC(C)(C)C. The zero-order chi connectivity index (χ0) is 16.3. The summed E-state index contributed by atoms with van der Waals surface area (Å²) >= 11 is 0. The third kappa shape index (κ3) is 3.81. The van der Waals surface area contributed by atoms with Gasteiger partial charge >= 0.3 is 6.09 Å². The molecule has 1 aliphatic rings. The molecule has 1 saturated heterocycles. The summed E-state index contributed by atoms with van der Waals surface area (Å²) in [6, 6.07) is 2.04. The number of hydrogen-bond donors (Lipinski definition) is 1. The Morgan fingerprint density at radius 1 is 1.45 bits per heavy atom. The van der Waals surface area contributed by atoms with Gasteiger partial charge in [0.25, 0.3) is 0 Å². The van der Waals surface area contributed by atoms with E-state index in [2.05, 4.69) is 16.8 Å². The molecule has 0 spiro atoms. The van der Waals surface area contributed by atoms with Crippen LogP contribution in [-0.2, 0) is 4.74 Å². The van der Waals surface area contributed by atoms with Gasteiger partial charge in [-0.3, -0.25) is 4.98 Å². The summed E-state index contributed by atoms with van der Waals surface area (Å²) in [7, 11) is 0. The molecule has 2 rings (SSSR count). The average Bonchev–Trinajstić information content (AvgIpc) is 2.45. The summed E-state index contributed by atoms with van der Waals surface area (Å²) in [6.07, 6.45) is 4.05. The van der Waals surface area contributed by atoms with Crippen LogP contribution in [0.3, 0.4) is 0 Å². The lowest BCUT2D eigenvalue weighted by molar-refractivity contribution is 0.0137. The van der Waals surface area contributed by atoms with Crippen LogP contribution in [0.25, 0.3) is 0 Å². The van der Waals surface area contributed by atoms with Gasteiger partial charge in [-0.2, -0.15) is 0 Å². The number of ether oxygens (including phenoxy) is 1. The van der Waals surface area contributed by atoms with Crippen molar-refractivity contribution < 1.29 is 9.53 Å². The second-order valence-electron chi connectivity index (χ2n) is 6.62. The molecule has 122 valence electrons. The molecule has 1 fully saturated rings. The monoisotopic (exact) mass is 306 g/mol. The van der Waals surface area contributed by atoms with Gasteiger partial charge < -0.3 is 20.3 Å². The molecular formula is C16H26N4O2. The maximum atomic E-state index is 12.3. The lowest BCUT2D eigenvalue weighted by Gasteiger charge is -2.42. The molecule has 0 radical (unpaired) electrons. The van der Waals surface area contributed by atoms with Gasteiger partial charge in [0.15, 0.2) is 0 Å². The molecule has 2 N–H and O–H groups in total. The Morgan fingerprint density at radius 2 is 2.18 bits per heavy atom. The standard InChI is InChI=1S/C16H26N4O2/c1-5-12-11-19(14-6-7-18-10-13(14)17)8-9-20(12)15(21)22-16(2,3)4/h6-7,10,12H,5,8-9,11,17H2,1-4H3/t12-/m1/s1. The predicted molar refractivity (Wildman–Crippen MR) is 87.9 cm³/mol. The number of carbonyl (C=O) groups excluding carboxylic acids is 1.